The summed E-state index contributed by atoms with van der Waals surface area (Å²) in [4.78, 5) is 48.6. The van der Waals surface area contributed by atoms with Gasteiger partial charge in [-0.1, -0.05) is 242 Å². The number of esters is 3. The second-order valence-electron chi connectivity index (χ2n) is 20.1. The Balaban J connectivity index is 4.73. The fraction of sp³-hybridized carbons (Fsp3) is 0.790. The van der Waals surface area contributed by atoms with Gasteiger partial charge in [-0.2, -0.15) is 0 Å². The van der Waals surface area contributed by atoms with Crippen LogP contribution in [0.1, 0.15) is 278 Å². The van der Waals surface area contributed by atoms with Gasteiger partial charge < -0.3 is 24.2 Å². The minimum absolute atomic E-state index is 0.165. The molecule has 0 aliphatic rings. The Bertz CT molecular complexity index is 1470. The lowest BCUT2D eigenvalue weighted by Crippen LogP contribution is -2.30. The van der Waals surface area contributed by atoms with Crippen LogP contribution in [-0.4, -0.2) is 66.5 Å². The molecule has 0 fully saturated rings. The van der Waals surface area contributed by atoms with Crippen LogP contribution in [0.15, 0.2) is 60.8 Å². The molecule has 12 heteroatoms. The molecule has 11 nitrogen and oxygen atoms in total. The molecule has 3 unspecified atom stereocenters. The van der Waals surface area contributed by atoms with Crippen molar-refractivity contribution in [3.05, 3.63) is 60.8 Å². The highest BCUT2D eigenvalue weighted by Gasteiger charge is 2.28. The van der Waals surface area contributed by atoms with Crippen LogP contribution < -0.4 is 0 Å². The van der Waals surface area contributed by atoms with Crippen molar-refractivity contribution >= 4 is 25.7 Å². The largest absolute Gasteiger partial charge is 0.472 e. The van der Waals surface area contributed by atoms with Crippen molar-refractivity contribution in [3.63, 3.8) is 0 Å². The van der Waals surface area contributed by atoms with Crippen LogP contribution in [0.2, 0.25) is 0 Å². The number of ether oxygens (including phenoxy) is 3. The lowest BCUT2D eigenvalue weighted by atomic mass is 10.0. The zero-order valence-electron chi connectivity index (χ0n) is 47.6. The minimum atomic E-state index is -4.75. The number of carbonyl (C=O) groups excluding carboxylic acids is 3. The van der Waals surface area contributed by atoms with Gasteiger partial charge in [0.1, 0.15) is 12.7 Å². The van der Waals surface area contributed by atoms with Crippen LogP contribution in [0.4, 0.5) is 0 Å². The molecule has 0 aromatic carbocycles. The van der Waals surface area contributed by atoms with Crippen molar-refractivity contribution in [2.75, 3.05) is 26.4 Å². The molecule has 0 amide bonds. The van der Waals surface area contributed by atoms with E-state index in [0.29, 0.717) is 19.3 Å². The summed E-state index contributed by atoms with van der Waals surface area (Å²) in [7, 11) is -4.75. The van der Waals surface area contributed by atoms with Crippen molar-refractivity contribution in [1.29, 1.82) is 0 Å². The summed E-state index contributed by atoms with van der Waals surface area (Å²) >= 11 is 0. The Morgan fingerprint density at radius 3 is 1.14 bits per heavy atom. The molecule has 74 heavy (non-hydrogen) atoms. The van der Waals surface area contributed by atoms with Crippen molar-refractivity contribution in [2.45, 2.75) is 290 Å². The number of aliphatic hydroxyl groups is 1. The average molecular weight is 1060 g/mol. The number of rotatable bonds is 56. The van der Waals surface area contributed by atoms with E-state index in [2.05, 4.69) is 81.5 Å². The third-order valence-electron chi connectivity index (χ3n) is 12.9. The van der Waals surface area contributed by atoms with Crippen molar-refractivity contribution < 1.29 is 52.2 Å². The first-order chi connectivity index (χ1) is 36.2. The third-order valence-corrected chi connectivity index (χ3v) is 13.9. The molecule has 2 N–H and O–H groups in total. The first-order valence-corrected chi connectivity index (χ1v) is 31.7. The molecule has 0 aliphatic heterocycles. The fourth-order valence-corrected chi connectivity index (χ4v) is 9.11. The molecule has 0 saturated carbocycles. The Morgan fingerprint density at radius 1 is 0.392 bits per heavy atom. The summed E-state index contributed by atoms with van der Waals surface area (Å²) in [6, 6.07) is 0. The molecule has 3 atom stereocenters. The molecule has 0 saturated heterocycles. The van der Waals surface area contributed by atoms with Crippen LogP contribution in [0.25, 0.3) is 0 Å². The van der Waals surface area contributed by atoms with Crippen LogP contribution in [0.3, 0.4) is 0 Å². The van der Waals surface area contributed by atoms with E-state index < -0.39 is 57.8 Å². The fourth-order valence-electron chi connectivity index (χ4n) is 8.33. The van der Waals surface area contributed by atoms with E-state index in [1.54, 1.807) is 0 Å². The maximum atomic E-state index is 12.9. The Labute approximate surface area is 453 Å². The van der Waals surface area contributed by atoms with E-state index in [-0.39, 0.29) is 25.9 Å². The second-order valence-corrected chi connectivity index (χ2v) is 21.6. The number of phosphoric ester groups is 1. The molecular weight excluding hydrogens is 952 g/mol. The predicted octanol–water partition coefficient (Wildman–Crippen LogP) is 17.9. The molecule has 0 bridgehead atoms. The van der Waals surface area contributed by atoms with E-state index in [4.69, 9.17) is 23.3 Å². The summed E-state index contributed by atoms with van der Waals surface area (Å²) in [6.07, 6.45) is 61.8. The minimum Gasteiger partial charge on any atom is -0.462 e. The number of allylic oxidation sites excluding steroid dienone is 10. The lowest BCUT2D eigenvalue weighted by Gasteiger charge is -2.21. The van der Waals surface area contributed by atoms with Crippen molar-refractivity contribution in [2.24, 2.45) is 0 Å². The summed E-state index contributed by atoms with van der Waals surface area (Å²) in [6.45, 7) is 4.49. The number of carbonyl (C=O) groups is 3. The highest BCUT2D eigenvalue weighted by Crippen LogP contribution is 2.43. The molecule has 0 aromatic rings. The van der Waals surface area contributed by atoms with Gasteiger partial charge in [-0.25, -0.2) is 4.57 Å². The SMILES string of the molecule is CC/C=C\C/C=C\C/C=C\C/C=C\CCCCCCC(=O)OCC(COP(=O)(O)OCC(CO)OC(=O)CCCCCCC/C=C\CCCC)OC(=O)CCCCCCCCCCCCCCCCCCCCC. The zero-order valence-corrected chi connectivity index (χ0v) is 48.5. The second kappa shape index (κ2) is 56.4. The van der Waals surface area contributed by atoms with Gasteiger partial charge in [-0.3, -0.25) is 23.4 Å². The first kappa shape index (κ1) is 71.2. The van der Waals surface area contributed by atoms with E-state index in [0.717, 1.165) is 109 Å². The molecule has 430 valence electrons. The van der Waals surface area contributed by atoms with Crippen LogP contribution in [-0.2, 0) is 42.2 Å². The van der Waals surface area contributed by atoms with Crippen LogP contribution in [0.5, 0.6) is 0 Å². The highest BCUT2D eigenvalue weighted by atomic mass is 31.2. The number of hydrogen-bond donors (Lipinski definition) is 2. The first-order valence-electron chi connectivity index (χ1n) is 30.2. The molecule has 0 radical (unpaired) electrons. The van der Waals surface area contributed by atoms with Crippen LogP contribution in [0, 0.1) is 0 Å². The Hall–Kier alpha value is -2.82. The quantitative estimate of drug-likeness (QED) is 0.0197. The number of unbranched alkanes of at least 4 members (excludes halogenated alkanes) is 29. The van der Waals surface area contributed by atoms with Gasteiger partial charge in [-0.05, 0) is 77.0 Å². The van der Waals surface area contributed by atoms with Gasteiger partial charge in [0.05, 0.1) is 19.8 Å². The van der Waals surface area contributed by atoms with Crippen LogP contribution >= 0.6 is 7.82 Å². The van der Waals surface area contributed by atoms with E-state index >= 15 is 0 Å². The summed E-state index contributed by atoms with van der Waals surface area (Å²) < 4.78 is 39.5. The molecule has 0 rings (SSSR count). The van der Waals surface area contributed by atoms with Gasteiger partial charge in [0.15, 0.2) is 6.10 Å². The number of aliphatic hydroxyl groups excluding tert-OH is 1. The van der Waals surface area contributed by atoms with E-state index in [1.165, 1.54) is 109 Å². The summed E-state index contributed by atoms with van der Waals surface area (Å²) in [5.74, 6) is -1.49. The average Bonchev–Trinajstić information content (AvgIpc) is 3.39. The summed E-state index contributed by atoms with van der Waals surface area (Å²) in [5.41, 5.74) is 0. The van der Waals surface area contributed by atoms with Gasteiger partial charge in [0.2, 0.25) is 0 Å². The van der Waals surface area contributed by atoms with Gasteiger partial charge in [0.25, 0.3) is 0 Å². The lowest BCUT2D eigenvalue weighted by molar-refractivity contribution is -0.161. The van der Waals surface area contributed by atoms with Gasteiger partial charge in [0, 0.05) is 19.3 Å². The molecule has 0 spiro atoms. The smallest absolute Gasteiger partial charge is 0.462 e. The molecule has 0 aromatic heterocycles. The molecule has 0 heterocycles. The standard InChI is InChI=1S/C62H111O11P/c1-4-7-10-13-16-19-22-24-26-28-29-31-33-35-38-41-44-47-50-53-62(66)73-59(55-69-60(64)51-48-45-42-39-37-34-32-30-27-25-23-20-17-14-11-8-5-2)57-71-74(67,68)70-56-58(54-63)72-61(65)52-49-46-43-40-36-21-18-15-12-9-6-3/h8,11,15,17-18,20,25,27,32,34,58-59,63H,4-7,9-10,12-14,16,19,21-24,26,28-31,33,35-57H2,1-3H3,(H,67,68)/b11-8-,18-15-,20-17-,27-25-,34-32-. The van der Waals surface area contributed by atoms with E-state index in [9.17, 15) is 28.9 Å². The van der Waals surface area contributed by atoms with E-state index in [1.807, 2.05) is 0 Å². The third kappa shape index (κ3) is 54.0. The number of hydrogen-bond acceptors (Lipinski definition) is 10. The highest BCUT2D eigenvalue weighted by molar-refractivity contribution is 7.47. The molecule has 0 aliphatic carbocycles. The maximum Gasteiger partial charge on any atom is 0.472 e. The monoisotopic (exact) mass is 1060 g/mol. The normalized spacial score (nSPS) is 13.7. The predicted molar refractivity (Wildman–Crippen MR) is 307 cm³/mol. The number of phosphoric acid groups is 1. The zero-order chi connectivity index (χ0) is 54.1. The Kier molecular flexibility index (Phi) is 54.2. The summed E-state index contributed by atoms with van der Waals surface area (Å²) in [5, 5.41) is 9.80. The van der Waals surface area contributed by atoms with Crippen molar-refractivity contribution in [3.8, 4) is 0 Å². The van der Waals surface area contributed by atoms with Crippen molar-refractivity contribution in [1.82, 2.24) is 0 Å². The topological polar surface area (TPSA) is 155 Å². The van der Waals surface area contributed by atoms with Gasteiger partial charge >= 0.3 is 25.7 Å². The Morgan fingerprint density at radius 2 is 0.716 bits per heavy atom. The molecular formula is C62H111O11P. The van der Waals surface area contributed by atoms with Gasteiger partial charge in [-0.15, -0.1) is 0 Å². The maximum absolute atomic E-state index is 12.9.